The molecule has 0 atom stereocenters. The topological polar surface area (TPSA) is 38.9 Å². The van der Waals surface area contributed by atoms with Crippen LogP contribution in [0.15, 0.2) is 150 Å². The standard InChI is InChI=1S/C38H24N2O/c1-3-9-27(10-4-1)37-38(28-11-5-2-6-12-28)40-34-24-30(19-21-33(34)39-37)26-17-15-25(16-18-26)29-20-22-36-32(23-29)31-13-7-8-14-35(31)41-36/h1-24H. The minimum Gasteiger partial charge on any atom is -0.456 e. The molecule has 0 aliphatic carbocycles. The number of furan rings is 1. The number of rotatable bonds is 4. The molecule has 8 rings (SSSR count). The Kier molecular flexibility index (Phi) is 5.46. The van der Waals surface area contributed by atoms with Gasteiger partial charge < -0.3 is 4.42 Å². The molecule has 0 amide bonds. The van der Waals surface area contributed by atoms with Crippen LogP contribution in [0.5, 0.6) is 0 Å². The largest absolute Gasteiger partial charge is 0.456 e. The fourth-order valence-electron chi connectivity index (χ4n) is 5.59. The van der Waals surface area contributed by atoms with Gasteiger partial charge in [-0.15, -0.1) is 0 Å². The number of benzene rings is 6. The third-order valence-electron chi connectivity index (χ3n) is 7.69. The Balaban J connectivity index is 1.18. The van der Waals surface area contributed by atoms with E-state index < -0.39 is 0 Å². The van der Waals surface area contributed by atoms with E-state index in [4.69, 9.17) is 14.4 Å². The van der Waals surface area contributed by atoms with Crippen molar-refractivity contribution in [2.75, 3.05) is 0 Å². The van der Waals surface area contributed by atoms with Crippen molar-refractivity contribution >= 4 is 33.0 Å². The van der Waals surface area contributed by atoms with Gasteiger partial charge in [0, 0.05) is 21.9 Å². The summed E-state index contributed by atoms with van der Waals surface area (Å²) in [7, 11) is 0. The van der Waals surface area contributed by atoms with Gasteiger partial charge in [0.05, 0.1) is 22.4 Å². The normalized spacial score (nSPS) is 11.4. The van der Waals surface area contributed by atoms with Gasteiger partial charge in [0.15, 0.2) is 0 Å². The van der Waals surface area contributed by atoms with Crippen molar-refractivity contribution in [1.29, 1.82) is 0 Å². The Labute approximate surface area is 237 Å². The molecular weight excluding hydrogens is 500 g/mol. The number of aromatic nitrogens is 2. The highest BCUT2D eigenvalue weighted by atomic mass is 16.3. The van der Waals surface area contributed by atoms with Crippen molar-refractivity contribution in [1.82, 2.24) is 9.97 Å². The molecule has 2 aromatic heterocycles. The summed E-state index contributed by atoms with van der Waals surface area (Å²) in [5.74, 6) is 0. The van der Waals surface area contributed by atoms with E-state index in [-0.39, 0.29) is 0 Å². The van der Waals surface area contributed by atoms with Crippen LogP contribution < -0.4 is 0 Å². The van der Waals surface area contributed by atoms with Crippen LogP contribution in [0.4, 0.5) is 0 Å². The van der Waals surface area contributed by atoms with E-state index in [1.807, 2.05) is 48.5 Å². The second-order valence-electron chi connectivity index (χ2n) is 10.2. The molecule has 3 nitrogen and oxygen atoms in total. The summed E-state index contributed by atoms with van der Waals surface area (Å²) in [4.78, 5) is 10.2. The third kappa shape index (κ3) is 4.16. The zero-order valence-corrected chi connectivity index (χ0v) is 22.2. The van der Waals surface area contributed by atoms with E-state index in [2.05, 4.69) is 97.1 Å². The first kappa shape index (κ1) is 23.4. The van der Waals surface area contributed by atoms with Crippen molar-refractivity contribution in [2.45, 2.75) is 0 Å². The maximum Gasteiger partial charge on any atom is 0.135 e. The van der Waals surface area contributed by atoms with Gasteiger partial charge in [0.1, 0.15) is 11.2 Å². The smallest absolute Gasteiger partial charge is 0.135 e. The van der Waals surface area contributed by atoms with Crippen LogP contribution in [0.25, 0.3) is 77.7 Å². The van der Waals surface area contributed by atoms with E-state index in [0.717, 1.165) is 66.6 Å². The number of hydrogen-bond donors (Lipinski definition) is 0. The number of nitrogens with zero attached hydrogens (tertiary/aromatic N) is 2. The summed E-state index contributed by atoms with van der Waals surface area (Å²) in [5.41, 5.74) is 12.1. The second-order valence-corrected chi connectivity index (χ2v) is 10.2. The lowest BCUT2D eigenvalue weighted by molar-refractivity contribution is 0.669. The lowest BCUT2D eigenvalue weighted by Crippen LogP contribution is -1.95. The lowest BCUT2D eigenvalue weighted by atomic mass is 9.98. The molecule has 192 valence electrons. The summed E-state index contributed by atoms with van der Waals surface area (Å²) in [5, 5.41) is 2.28. The molecule has 0 saturated heterocycles. The maximum absolute atomic E-state index is 6.01. The van der Waals surface area contributed by atoms with E-state index in [0.29, 0.717) is 0 Å². The van der Waals surface area contributed by atoms with E-state index in [1.165, 1.54) is 11.1 Å². The van der Waals surface area contributed by atoms with Crippen molar-refractivity contribution in [3.63, 3.8) is 0 Å². The minimum absolute atomic E-state index is 0.877. The molecule has 0 aliphatic heterocycles. The van der Waals surface area contributed by atoms with Crippen LogP contribution in [0, 0.1) is 0 Å². The van der Waals surface area contributed by atoms with Crippen LogP contribution in [0.3, 0.4) is 0 Å². The highest BCUT2D eigenvalue weighted by Crippen LogP contribution is 2.35. The van der Waals surface area contributed by atoms with Gasteiger partial charge in [-0.25, -0.2) is 9.97 Å². The average molecular weight is 525 g/mol. The molecule has 0 fully saturated rings. The highest BCUT2D eigenvalue weighted by molar-refractivity contribution is 6.06. The summed E-state index contributed by atoms with van der Waals surface area (Å²) >= 11 is 0. The van der Waals surface area contributed by atoms with Gasteiger partial charge in [-0.3, -0.25) is 0 Å². The molecule has 0 N–H and O–H groups in total. The predicted octanol–water partition coefficient (Wildman–Crippen LogP) is 10.2. The zero-order valence-electron chi connectivity index (χ0n) is 22.2. The van der Waals surface area contributed by atoms with Crippen molar-refractivity contribution in [3.8, 4) is 44.8 Å². The molecular formula is C38H24N2O. The summed E-state index contributed by atoms with van der Waals surface area (Å²) < 4.78 is 6.01. The molecule has 0 spiro atoms. The average Bonchev–Trinajstić information content (AvgIpc) is 3.43. The fraction of sp³-hybridized carbons (Fsp3) is 0. The Morgan fingerprint density at radius 1 is 0.341 bits per heavy atom. The Hall–Kier alpha value is -5.54. The molecule has 3 heteroatoms. The molecule has 0 aliphatic rings. The Morgan fingerprint density at radius 3 is 1.54 bits per heavy atom. The van der Waals surface area contributed by atoms with Gasteiger partial charge in [-0.1, -0.05) is 115 Å². The van der Waals surface area contributed by atoms with Gasteiger partial charge in [-0.2, -0.15) is 0 Å². The first-order valence-electron chi connectivity index (χ1n) is 13.7. The summed E-state index contributed by atoms with van der Waals surface area (Å²) in [6.45, 7) is 0. The molecule has 41 heavy (non-hydrogen) atoms. The van der Waals surface area contributed by atoms with Gasteiger partial charge in [0.2, 0.25) is 0 Å². The predicted molar refractivity (Wildman–Crippen MR) is 169 cm³/mol. The van der Waals surface area contributed by atoms with Gasteiger partial charge in [0.25, 0.3) is 0 Å². The summed E-state index contributed by atoms with van der Waals surface area (Å²) in [6, 6.07) is 50.2. The summed E-state index contributed by atoms with van der Waals surface area (Å²) in [6.07, 6.45) is 0. The van der Waals surface area contributed by atoms with E-state index >= 15 is 0 Å². The van der Waals surface area contributed by atoms with Crippen LogP contribution in [0.2, 0.25) is 0 Å². The fourth-order valence-corrected chi connectivity index (χ4v) is 5.59. The van der Waals surface area contributed by atoms with Crippen LogP contribution in [-0.4, -0.2) is 9.97 Å². The number of para-hydroxylation sites is 1. The monoisotopic (exact) mass is 524 g/mol. The molecule has 2 heterocycles. The van der Waals surface area contributed by atoms with Crippen molar-refractivity contribution < 1.29 is 4.42 Å². The minimum atomic E-state index is 0.877. The molecule has 0 unspecified atom stereocenters. The number of hydrogen-bond acceptors (Lipinski definition) is 3. The Morgan fingerprint density at radius 2 is 0.854 bits per heavy atom. The quantitative estimate of drug-likeness (QED) is 0.230. The molecule has 8 aromatic rings. The molecule has 0 radical (unpaired) electrons. The first-order valence-corrected chi connectivity index (χ1v) is 13.7. The van der Waals surface area contributed by atoms with Crippen molar-refractivity contribution in [3.05, 3.63) is 146 Å². The zero-order chi connectivity index (χ0) is 27.2. The third-order valence-corrected chi connectivity index (χ3v) is 7.69. The molecule has 0 saturated carbocycles. The van der Waals surface area contributed by atoms with E-state index in [1.54, 1.807) is 0 Å². The number of fused-ring (bicyclic) bond motifs is 4. The lowest BCUT2D eigenvalue weighted by Gasteiger charge is -2.12. The highest BCUT2D eigenvalue weighted by Gasteiger charge is 2.14. The van der Waals surface area contributed by atoms with Crippen LogP contribution in [0.1, 0.15) is 0 Å². The SMILES string of the molecule is c1ccc(-c2nc3ccc(-c4ccc(-c5ccc6oc7ccccc7c6c5)cc4)cc3nc2-c2ccccc2)cc1. The van der Waals surface area contributed by atoms with E-state index in [9.17, 15) is 0 Å². The Bertz CT molecular complexity index is 2180. The first-order chi connectivity index (χ1) is 20.3. The van der Waals surface area contributed by atoms with Crippen LogP contribution >= 0.6 is 0 Å². The molecule has 0 bridgehead atoms. The van der Waals surface area contributed by atoms with Gasteiger partial charge in [-0.05, 0) is 52.6 Å². The maximum atomic E-state index is 6.01. The second kappa shape index (κ2) is 9.58. The molecule has 6 aromatic carbocycles. The van der Waals surface area contributed by atoms with Crippen molar-refractivity contribution in [2.24, 2.45) is 0 Å². The van der Waals surface area contributed by atoms with Gasteiger partial charge >= 0.3 is 0 Å². The van der Waals surface area contributed by atoms with Crippen LogP contribution in [-0.2, 0) is 0 Å².